The Morgan fingerprint density at radius 1 is 1.41 bits per heavy atom. The summed E-state index contributed by atoms with van der Waals surface area (Å²) >= 11 is 3.47. The second-order valence-electron chi connectivity index (χ2n) is 4.68. The number of ether oxygens (including phenoxy) is 1. The van der Waals surface area contributed by atoms with Crippen LogP contribution in [0.3, 0.4) is 0 Å². The lowest BCUT2D eigenvalue weighted by atomic mass is 9.97. The van der Waals surface area contributed by atoms with Crippen LogP contribution in [0.15, 0.2) is 28.7 Å². The molecule has 1 heterocycles. The van der Waals surface area contributed by atoms with Gasteiger partial charge in [0.05, 0.1) is 6.61 Å². The average molecular weight is 298 g/mol. The summed E-state index contributed by atoms with van der Waals surface area (Å²) in [7, 11) is 0. The normalized spacial score (nSPS) is 20.4. The molecular formula is C14H20BrNO. The molecule has 0 saturated carbocycles. The van der Waals surface area contributed by atoms with E-state index < -0.39 is 0 Å². The van der Waals surface area contributed by atoms with E-state index in [1.54, 1.807) is 0 Å². The molecule has 1 aliphatic heterocycles. The zero-order valence-electron chi connectivity index (χ0n) is 10.1. The van der Waals surface area contributed by atoms with Crippen molar-refractivity contribution in [1.29, 1.82) is 0 Å². The maximum Gasteiger partial charge on any atom is 0.0717 e. The van der Waals surface area contributed by atoms with Gasteiger partial charge in [0, 0.05) is 11.1 Å². The van der Waals surface area contributed by atoms with Crippen molar-refractivity contribution in [3.8, 4) is 0 Å². The molecule has 1 aliphatic rings. The van der Waals surface area contributed by atoms with Gasteiger partial charge < -0.3 is 10.1 Å². The van der Waals surface area contributed by atoms with E-state index in [4.69, 9.17) is 4.74 Å². The van der Waals surface area contributed by atoms with Crippen LogP contribution in [-0.2, 0) is 11.3 Å². The van der Waals surface area contributed by atoms with E-state index in [1.807, 2.05) is 12.1 Å². The second kappa shape index (κ2) is 7.14. The summed E-state index contributed by atoms with van der Waals surface area (Å²) in [5.74, 6) is 0.811. The van der Waals surface area contributed by atoms with Crippen molar-refractivity contribution in [1.82, 2.24) is 5.32 Å². The first kappa shape index (κ1) is 13.1. The van der Waals surface area contributed by atoms with Crippen LogP contribution in [0, 0.1) is 5.92 Å². The lowest BCUT2D eigenvalue weighted by Gasteiger charge is -2.22. The molecule has 2 rings (SSSR count). The minimum Gasteiger partial charge on any atom is -0.377 e. The molecule has 94 valence electrons. The van der Waals surface area contributed by atoms with E-state index in [1.165, 1.54) is 37.9 Å². The fourth-order valence-corrected chi connectivity index (χ4v) is 2.68. The topological polar surface area (TPSA) is 21.3 Å². The molecule has 2 nitrogen and oxygen atoms in total. The van der Waals surface area contributed by atoms with Crippen molar-refractivity contribution < 1.29 is 4.74 Å². The van der Waals surface area contributed by atoms with Gasteiger partial charge in [-0.15, -0.1) is 0 Å². The Labute approximate surface area is 112 Å². The van der Waals surface area contributed by atoms with Gasteiger partial charge in [-0.05, 0) is 56.0 Å². The van der Waals surface area contributed by atoms with Crippen LogP contribution in [0.25, 0.3) is 0 Å². The SMILES string of the molecule is Brc1cccc(COCCC2CCCNC2)c1. The molecule has 1 aromatic carbocycles. The van der Waals surface area contributed by atoms with Gasteiger partial charge >= 0.3 is 0 Å². The molecule has 1 unspecified atom stereocenters. The van der Waals surface area contributed by atoms with Crippen LogP contribution in [0.4, 0.5) is 0 Å². The smallest absolute Gasteiger partial charge is 0.0717 e. The summed E-state index contributed by atoms with van der Waals surface area (Å²) in [5.41, 5.74) is 1.24. The molecule has 1 aromatic rings. The maximum atomic E-state index is 5.73. The van der Waals surface area contributed by atoms with E-state index in [2.05, 4.69) is 33.4 Å². The summed E-state index contributed by atoms with van der Waals surface area (Å²) < 4.78 is 6.85. The number of nitrogens with one attached hydrogen (secondary N) is 1. The first-order valence-corrected chi connectivity index (χ1v) is 7.17. The van der Waals surface area contributed by atoms with E-state index >= 15 is 0 Å². The van der Waals surface area contributed by atoms with Gasteiger partial charge in [-0.25, -0.2) is 0 Å². The largest absolute Gasteiger partial charge is 0.377 e. The quantitative estimate of drug-likeness (QED) is 0.842. The number of rotatable bonds is 5. The molecule has 0 aliphatic carbocycles. The van der Waals surface area contributed by atoms with Crippen molar-refractivity contribution >= 4 is 15.9 Å². The van der Waals surface area contributed by atoms with Crippen LogP contribution in [0.5, 0.6) is 0 Å². The predicted octanol–water partition coefficient (Wildman–Crippen LogP) is 3.36. The summed E-state index contributed by atoms with van der Waals surface area (Å²) in [6.45, 7) is 3.95. The first-order valence-electron chi connectivity index (χ1n) is 6.37. The maximum absolute atomic E-state index is 5.73. The third-order valence-corrected chi connectivity index (χ3v) is 3.72. The van der Waals surface area contributed by atoms with Gasteiger partial charge in [0.25, 0.3) is 0 Å². The Morgan fingerprint density at radius 3 is 3.12 bits per heavy atom. The number of hydrogen-bond acceptors (Lipinski definition) is 2. The molecule has 1 atom stereocenters. The summed E-state index contributed by atoms with van der Waals surface area (Å²) in [6.07, 6.45) is 3.85. The highest BCUT2D eigenvalue weighted by atomic mass is 79.9. The van der Waals surface area contributed by atoms with Crippen molar-refractivity contribution in [2.75, 3.05) is 19.7 Å². The molecule has 1 N–H and O–H groups in total. The van der Waals surface area contributed by atoms with Crippen LogP contribution in [-0.4, -0.2) is 19.7 Å². The van der Waals surface area contributed by atoms with Crippen LogP contribution in [0.1, 0.15) is 24.8 Å². The van der Waals surface area contributed by atoms with Gasteiger partial charge in [0.2, 0.25) is 0 Å². The predicted molar refractivity (Wildman–Crippen MR) is 74.0 cm³/mol. The molecule has 3 heteroatoms. The standard InChI is InChI=1S/C14H20BrNO/c15-14-5-1-3-13(9-14)11-17-8-6-12-4-2-7-16-10-12/h1,3,5,9,12,16H,2,4,6-8,10-11H2. The Kier molecular flexibility index (Phi) is 5.49. The van der Waals surface area contributed by atoms with Crippen molar-refractivity contribution in [2.24, 2.45) is 5.92 Å². The monoisotopic (exact) mass is 297 g/mol. The highest BCUT2D eigenvalue weighted by Crippen LogP contribution is 2.15. The molecule has 0 radical (unpaired) electrons. The first-order chi connectivity index (χ1) is 8.34. The fourth-order valence-electron chi connectivity index (χ4n) is 2.24. The highest BCUT2D eigenvalue weighted by Gasteiger charge is 2.12. The fraction of sp³-hybridized carbons (Fsp3) is 0.571. The summed E-state index contributed by atoms with van der Waals surface area (Å²) in [5, 5.41) is 3.44. The summed E-state index contributed by atoms with van der Waals surface area (Å²) in [4.78, 5) is 0. The zero-order chi connectivity index (χ0) is 11.9. The lowest BCUT2D eigenvalue weighted by Crippen LogP contribution is -2.30. The highest BCUT2D eigenvalue weighted by molar-refractivity contribution is 9.10. The van der Waals surface area contributed by atoms with Crippen molar-refractivity contribution in [3.63, 3.8) is 0 Å². The van der Waals surface area contributed by atoms with E-state index in [0.717, 1.165) is 23.6 Å². The number of hydrogen-bond donors (Lipinski definition) is 1. The van der Waals surface area contributed by atoms with Gasteiger partial charge in [-0.2, -0.15) is 0 Å². The average Bonchev–Trinajstić information content (AvgIpc) is 2.36. The molecule has 0 bridgehead atoms. The number of piperidine rings is 1. The van der Waals surface area contributed by atoms with E-state index in [-0.39, 0.29) is 0 Å². The third-order valence-electron chi connectivity index (χ3n) is 3.23. The van der Waals surface area contributed by atoms with E-state index in [9.17, 15) is 0 Å². The Hall–Kier alpha value is -0.380. The molecule has 1 fully saturated rings. The van der Waals surface area contributed by atoms with Gasteiger partial charge in [-0.1, -0.05) is 28.1 Å². The Morgan fingerprint density at radius 2 is 2.35 bits per heavy atom. The van der Waals surface area contributed by atoms with Gasteiger partial charge in [0.15, 0.2) is 0 Å². The van der Waals surface area contributed by atoms with Crippen LogP contribution in [0.2, 0.25) is 0 Å². The third kappa shape index (κ3) is 4.78. The minimum atomic E-state index is 0.722. The lowest BCUT2D eigenvalue weighted by molar-refractivity contribution is 0.103. The molecule has 17 heavy (non-hydrogen) atoms. The van der Waals surface area contributed by atoms with Crippen molar-refractivity contribution in [2.45, 2.75) is 25.9 Å². The molecule has 0 aromatic heterocycles. The van der Waals surface area contributed by atoms with Crippen LogP contribution < -0.4 is 5.32 Å². The van der Waals surface area contributed by atoms with Crippen LogP contribution >= 0.6 is 15.9 Å². The molecular weight excluding hydrogens is 278 g/mol. The Bertz CT molecular complexity index is 337. The Balaban J connectivity index is 1.62. The number of halogens is 1. The minimum absolute atomic E-state index is 0.722. The van der Waals surface area contributed by atoms with E-state index in [0.29, 0.717) is 0 Å². The van der Waals surface area contributed by atoms with Gasteiger partial charge in [-0.3, -0.25) is 0 Å². The van der Waals surface area contributed by atoms with Crippen molar-refractivity contribution in [3.05, 3.63) is 34.3 Å². The van der Waals surface area contributed by atoms with Gasteiger partial charge in [0.1, 0.15) is 0 Å². The summed E-state index contributed by atoms with van der Waals surface area (Å²) in [6, 6.07) is 8.31. The molecule has 1 saturated heterocycles. The molecule has 0 spiro atoms. The zero-order valence-corrected chi connectivity index (χ0v) is 11.7. The molecule has 0 amide bonds. The number of benzene rings is 1. The second-order valence-corrected chi connectivity index (χ2v) is 5.60.